The van der Waals surface area contributed by atoms with E-state index in [2.05, 4.69) is 30.6 Å². The van der Waals surface area contributed by atoms with Gasteiger partial charge in [-0.05, 0) is 39.7 Å². The molecule has 4 heteroatoms. The first-order chi connectivity index (χ1) is 9.11. The lowest BCUT2D eigenvalue weighted by Gasteiger charge is -2.41. The molecule has 2 rings (SSSR count). The van der Waals surface area contributed by atoms with Crippen molar-refractivity contribution in [2.24, 2.45) is 5.73 Å². The summed E-state index contributed by atoms with van der Waals surface area (Å²) in [5.41, 5.74) is 6.34. The molecule has 0 radical (unpaired) electrons. The van der Waals surface area contributed by atoms with Crippen molar-refractivity contribution in [1.29, 1.82) is 0 Å². The van der Waals surface area contributed by atoms with Crippen molar-refractivity contribution < 1.29 is 4.74 Å². The second-order valence-electron chi connectivity index (χ2n) is 6.42. The molecule has 2 heterocycles. The van der Waals surface area contributed by atoms with Crippen LogP contribution in [-0.4, -0.2) is 66.8 Å². The average molecular weight is 269 g/mol. The van der Waals surface area contributed by atoms with E-state index in [1.807, 2.05) is 0 Å². The number of hydrogen-bond donors (Lipinski definition) is 1. The zero-order valence-electron chi connectivity index (χ0n) is 12.9. The van der Waals surface area contributed by atoms with Crippen molar-refractivity contribution in [3.05, 3.63) is 0 Å². The van der Waals surface area contributed by atoms with Crippen LogP contribution in [0, 0.1) is 0 Å². The Kier molecular flexibility index (Phi) is 5.23. The Hall–Kier alpha value is -0.160. The van der Waals surface area contributed by atoms with Crippen LogP contribution in [0.25, 0.3) is 0 Å². The Morgan fingerprint density at radius 2 is 2.26 bits per heavy atom. The summed E-state index contributed by atoms with van der Waals surface area (Å²) >= 11 is 0. The molecule has 0 aromatic rings. The number of hydrogen-bond acceptors (Lipinski definition) is 4. The minimum absolute atomic E-state index is 0.172. The first-order valence-electron chi connectivity index (χ1n) is 7.92. The number of nitrogens with zero attached hydrogens (tertiary/aromatic N) is 2. The van der Waals surface area contributed by atoms with Gasteiger partial charge in [0, 0.05) is 44.4 Å². The Balaban J connectivity index is 2.01. The van der Waals surface area contributed by atoms with Gasteiger partial charge in [-0.3, -0.25) is 9.80 Å². The van der Waals surface area contributed by atoms with E-state index in [1.54, 1.807) is 0 Å². The molecule has 0 spiro atoms. The predicted octanol–water partition coefficient (Wildman–Crippen LogP) is 1.30. The maximum absolute atomic E-state index is 6.17. The summed E-state index contributed by atoms with van der Waals surface area (Å²) in [6.45, 7) is 12.9. The summed E-state index contributed by atoms with van der Waals surface area (Å²) in [4.78, 5) is 5.15. The van der Waals surface area contributed by atoms with Gasteiger partial charge in [0.2, 0.25) is 0 Å². The molecule has 2 aliphatic heterocycles. The van der Waals surface area contributed by atoms with E-state index in [9.17, 15) is 0 Å². The lowest BCUT2D eigenvalue weighted by atomic mass is 9.95. The van der Waals surface area contributed by atoms with E-state index < -0.39 is 0 Å². The van der Waals surface area contributed by atoms with E-state index in [0.29, 0.717) is 12.1 Å². The molecule has 2 unspecified atom stereocenters. The fraction of sp³-hybridized carbons (Fsp3) is 1.00. The second-order valence-corrected chi connectivity index (χ2v) is 6.42. The minimum Gasteiger partial charge on any atom is -0.377 e. The topological polar surface area (TPSA) is 41.7 Å². The van der Waals surface area contributed by atoms with Gasteiger partial charge < -0.3 is 10.5 Å². The third-order valence-corrected chi connectivity index (χ3v) is 4.97. The largest absolute Gasteiger partial charge is 0.377 e. The Bertz CT molecular complexity index is 279. The Morgan fingerprint density at radius 1 is 1.47 bits per heavy atom. The van der Waals surface area contributed by atoms with Gasteiger partial charge in [0.25, 0.3) is 0 Å². The highest BCUT2D eigenvalue weighted by molar-refractivity contribution is 5.01. The number of likely N-dealkylation sites (tertiary alicyclic amines) is 1. The lowest BCUT2D eigenvalue weighted by Crippen LogP contribution is -2.57. The third kappa shape index (κ3) is 3.30. The Labute approximate surface area is 118 Å². The van der Waals surface area contributed by atoms with Crippen LogP contribution in [0.3, 0.4) is 0 Å². The highest BCUT2D eigenvalue weighted by Crippen LogP contribution is 2.29. The van der Waals surface area contributed by atoms with Gasteiger partial charge in [0.15, 0.2) is 0 Å². The highest BCUT2D eigenvalue weighted by Gasteiger charge is 2.42. The van der Waals surface area contributed by atoms with E-state index in [0.717, 1.165) is 32.8 Å². The molecule has 2 atom stereocenters. The smallest absolute Gasteiger partial charge is 0.0703 e. The van der Waals surface area contributed by atoms with Crippen LogP contribution in [0.1, 0.15) is 40.0 Å². The Morgan fingerprint density at radius 3 is 2.74 bits per heavy atom. The average Bonchev–Trinajstić information content (AvgIpc) is 3.05. The van der Waals surface area contributed by atoms with Crippen molar-refractivity contribution in [2.75, 3.05) is 39.3 Å². The van der Waals surface area contributed by atoms with Crippen LogP contribution in [0.5, 0.6) is 0 Å². The van der Waals surface area contributed by atoms with Gasteiger partial charge in [-0.1, -0.05) is 6.92 Å². The molecule has 0 amide bonds. The second kappa shape index (κ2) is 6.53. The summed E-state index contributed by atoms with van der Waals surface area (Å²) < 4.78 is 5.81. The lowest BCUT2D eigenvalue weighted by molar-refractivity contribution is 0.0259. The molecule has 0 aromatic heterocycles. The first-order valence-corrected chi connectivity index (χ1v) is 7.92. The predicted molar refractivity (Wildman–Crippen MR) is 79.3 cm³/mol. The van der Waals surface area contributed by atoms with E-state index >= 15 is 0 Å². The number of nitrogens with two attached hydrogens (primary N) is 1. The van der Waals surface area contributed by atoms with Gasteiger partial charge >= 0.3 is 0 Å². The highest BCUT2D eigenvalue weighted by atomic mass is 16.5. The molecule has 2 fully saturated rings. The molecule has 2 aliphatic rings. The van der Waals surface area contributed by atoms with Gasteiger partial charge in [-0.25, -0.2) is 0 Å². The minimum atomic E-state index is 0.172. The molecule has 112 valence electrons. The zero-order chi connectivity index (χ0) is 13.9. The van der Waals surface area contributed by atoms with Gasteiger partial charge in [-0.15, -0.1) is 0 Å². The molecule has 19 heavy (non-hydrogen) atoms. The van der Waals surface area contributed by atoms with Crippen molar-refractivity contribution in [3.63, 3.8) is 0 Å². The number of likely N-dealkylation sites (N-methyl/N-ethyl adjacent to an activating group) is 1. The monoisotopic (exact) mass is 269 g/mol. The van der Waals surface area contributed by atoms with E-state index in [-0.39, 0.29) is 5.54 Å². The molecule has 0 aromatic carbocycles. The molecule has 0 aliphatic carbocycles. The van der Waals surface area contributed by atoms with Crippen molar-refractivity contribution in [2.45, 2.75) is 57.7 Å². The summed E-state index contributed by atoms with van der Waals surface area (Å²) in [6, 6.07) is 0.620. The molecule has 0 saturated carbocycles. The molecule has 2 N–H and O–H groups in total. The first kappa shape index (κ1) is 15.2. The summed E-state index contributed by atoms with van der Waals surface area (Å²) in [6.07, 6.45) is 4.06. The van der Waals surface area contributed by atoms with Gasteiger partial charge in [0.1, 0.15) is 0 Å². The maximum atomic E-state index is 6.17. The van der Waals surface area contributed by atoms with E-state index in [4.69, 9.17) is 10.5 Å². The molecule has 2 saturated heterocycles. The quantitative estimate of drug-likeness (QED) is 0.789. The standard InChI is InChI=1S/C15H31N3O/c1-4-18(10-14-6-5-9-19-14)15(11-16)7-8-17(12-15)13(2)3/h13-14H,4-12,16H2,1-3H3. The van der Waals surface area contributed by atoms with E-state index in [1.165, 1.54) is 25.8 Å². The molecular formula is C15H31N3O. The SMILES string of the molecule is CCN(CC1CCCO1)C1(CN)CCN(C(C)C)C1. The van der Waals surface area contributed by atoms with Crippen LogP contribution in [0.2, 0.25) is 0 Å². The van der Waals surface area contributed by atoms with Crippen LogP contribution in [0.4, 0.5) is 0 Å². The van der Waals surface area contributed by atoms with Crippen LogP contribution in [0.15, 0.2) is 0 Å². The fourth-order valence-electron chi connectivity index (χ4n) is 3.57. The summed E-state index contributed by atoms with van der Waals surface area (Å²) in [7, 11) is 0. The van der Waals surface area contributed by atoms with Gasteiger partial charge in [-0.2, -0.15) is 0 Å². The number of rotatable bonds is 6. The van der Waals surface area contributed by atoms with Gasteiger partial charge in [0.05, 0.1) is 6.10 Å². The fourth-order valence-corrected chi connectivity index (χ4v) is 3.57. The maximum Gasteiger partial charge on any atom is 0.0703 e. The number of ether oxygens (including phenoxy) is 1. The zero-order valence-corrected chi connectivity index (χ0v) is 12.9. The molecular weight excluding hydrogens is 238 g/mol. The summed E-state index contributed by atoms with van der Waals surface area (Å²) in [5.74, 6) is 0. The van der Waals surface area contributed by atoms with Crippen LogP contribution in [-0.2, 0) is 4.74 Å². The van der Waals surface area contributed by atoms with Crippen LogP contribution >= 0.6 is 0 Å². The van der Waals surface area contributed by atoms with Crippen molar-refractivity contribution in [1.82, 2.24) is 9.80 Å². The van der Waals surface area contributed by atoms with Crippen molar-refractivity contribution >= 4 is 0 Å². The normalized spacial score (nSPS) is 32.8. The summed E-state index contributed by atoms with van der Waals surface area (Å²) in [5, 5.41) is 0. The van der Waals surface area contributed by atoms with Crippen molar-refractivity contribution in [3.8, 4) is 0 Å². The molecule has 0 bridgehead atoms. The third-order valence-electron chi connectivity index (χ3n) is 4.97. The van der Waals surface area contributed by atoms with Crippen LogP contribution < -0.4 is 5.73 Å². The molecule has 4 nitrogen and oxygen atoms in total.